The zero-order valence-electron chi connectivity index (χ0n) is 18.3. The van der Waals surface area contributed by atoms with E-state index in [0.29, 0.717) is 18.3 Å². The summed E-state index contributed by atoms with van der Waals surface area (Å²) in [5, 5.41) is 20.7. The van der Waals surface area contributed by atoms with Crippen molar-refractivity contribution in [3.8, 4) is 23.0 Å². The van der Waals surface area contributed by atoms with Gasteiger partial charge in [-0.1, -0.05) is 17.3 Å². The van der Waals surface area contributed by atoms with Crippen molar-refractivity contribution in [2.45, 2.75) is 32.3 Å². The maximum absolute atomic E-state index is 5.87. The number of aryl methyl sites for hydroxylation is 1. The Morgan fingerprint density at radius 3 is 2.75 bits per heavy atom. The number of rotatable bonds is 6. The predicted molar refractivity (Wildman–Crippen MR) is 120 cm³/mol. The number of ether oxygens (including phenoxy) is 1. The lowest BCUT2D eigenvalue weighted by atomic mass is 9.95. The number of benzene rings is 1. The summed E-state index contributed by atoms with van der Waals surface area (Å²) in [5.41, 5.74) is 3.80. The van der Waals surface area contributed by atoms with E-state index in [-0.39, 0.29) is 0 Å². The fraction of sp³-hybridized carbons (Fsp3) is 0.348. The highest BCUT2D eigenvalue weighted by Crippen LogP contribution is 2.24. The molecule has 32 heavy (non-hydrogen) atoms. The molecule has 0 spiro atoms. The van der Waals surface area contributed by atoms with Crippen molar-refractivity contribution in [2.24, 2.45) is 7.05 Å². The van der Waals surface area contributed by atoms with Gasteiger partial charge in [-0.25, -0.2) is 4.68 Å². The molecule has 164 valence electrons. The maximum atomic E-state index is 5.87. The summed E-state index contributed by atoms with van der Waals surface area (Å²) >= 11 is 0. The lowest BCUT2D eigenvalue weighted by Crippen LogP contribution is -2.26. The topological polar surface area (TPSA) is 95.6 Å². The fourth-order valence-corrected chi connectivity index (χ4v) is 3.92. The van der Waals surface area contributed by atoms with Gasteiger partial charge in [-0.3, -0.25) is 4.98 Å². The zero-order valence-corrected chi connectivity index (χ0v) is 18.3. The fourth-order valence-electron chi connectivity index (χ4n) is 3.92. The Labute approximate surface area is 186 Å². The molecule has 4 aromatic rings. The van der Waals surface area contributed by atoms with Gasteiger partial charge in [-0.05, 0) is 62.7 Å². The van der Waals surface area contributed by atoms with Crippen LogP contribution in [-0.2, 0) is 13.7 Å². The molecular weight excluding hydrogens is 404 g/mol. The van der Waals surface area contributed by atoms with Gasteiger partial charge in [0.2, 0.25) is 0 Å². The molecule has 0 aliphatic carbocycles. The average molecular weight is 431 g/mol. The van der Waals surface area contributed by atoms with Gasteiger partial charge in [0.25, 0.3) is 0 Å². The summed E-state index contributed by atoms with van der Waals surface area (Å²) in [7, 11) is 1.92. The standard InChI is InChI=1S/C23H26N8O/c1-16-4-3-5-19(12-16)32-15-22-27-28-23(30(22)2)20-7-6-18(13-25-20)31-14-21(26-29-31)17-8-10-24-11-9-17/h3-7,12-14,17,24H,8-11,15H2,1-2H3. The molecule has 1 N–H and O–H groups in total. The van der Waals surface area contributed by atoms with Gasteiger partial charge < -0.3 is 14.6 Å². The molecule has 9 nitrogen and oxygen atoms in total. The summed E-state index contributed by atoms with van der Waals surface area (Å²) in [6, 6.07) is 11.8. The second-order valence-electron chi connectivity index (χ2n) is 8.12. The highest BCUT2D eigenvalue weighted by atomic mass is 16.5. The molecule has 0 unspecified atom stereocenters. The Morgan fingerprint density at radius 1 is 1.09 bits per heavy atom. The van der Waals surface area contributed by atoms with E-state index in [9.17, 15) is 0 Å². The quantitative estimate of drug-likeness (QED) is 0.502. The summed E-state index contributed by atoms with van der Waals surface area (Å²) in [4.78, 5) is 4.59. The predicted octanol–water partition coefficient (Wildman–Crippen LogP) is 2.81. The molecule has 0 saturated carbocycles. The molecule has 1 aliphatic rings. The van der Waals surface area contributed by atoms with Crippen LogP contribution in [0, 0.1) is 6.92 Å². The Balaban J connectivity index is 1.28. The lowest BCUT2D eigenvalue weighted by molar-refractivity contribution is 0.291. The lowest BCUT2D eigenvalue weighted by Gasteiger charge is -2.19. The number of hydrogen-bond donors (Lipinski definition) is 1. The van der Waals surface area contributed by atoms with Gasteiger partial charge in [0.1, 0.15) is 18.1 Å². The van der Waals surface area contributed by atoms with Crippen molar-refractivity contribution in [3.05, 3.63) is 65.9 Å². The van der Waals surface area contributed by atoms with Gasteiger partial charge >= 0.3 is 0 Å². The van der Waals surface area contributed by atoms with Crippen LogP contribution in [-0.4, -0.2) is 47.8 Å². The first-order valence-corrected chi connectivity index (χ1v) is 10.8. The SMILES string of the molecule is Cc1cccc(OCc2nnc(-c3ccc(-n4cc(C5CCNCC5)nn4)cn3)n2C)c1. The van der Waals surface area contributed by atoms with Crippen LogP contribution < -0.4 is 10.1 Å². The third kappa shape index (κ3) is 4.24. The molecule has 1 aromatic carbocycles. The van der Waals surface area contributed by atoms with Crippen molar-refractivity contribution in [1.29, 1.82) is 0 Å². The summed E-state index contributed by atoms with van der Waals surface area (Å²) in [5.74, 6) is 2.70. The van der Waals surface area contributed by atoms with Crippen LogP contribution in [0.5, 0.6) is 5.75 Å². The first-order chi connectivity index (χ1) is 15.7. The molecule has 0 bridgehead atoms. The van der Waals surface area contributed by atoms with E-state index >= 15 is 0 Å². The average Bonchev–Trinajstić information content (AvgIpc) is 3.46. The second-order valence-corrected chi connectivity index (χ2v) is 8.12. The number of hydrogen-bond acceptors (Lipinski definition) is 7. The van der Waals surface area contributed by atoms with Gasteiger partial charge in [0.15, 0.2) is 11.6 Å². The Kier molecular flexibility index (Phi) is 5.64. The molecule has 0 amide bonds. The van der Waals surface area contributed by atoms with Gasteiger partial charge in [0, 0.05) is 13.0 Å². The first-order valence-electron chi connectivity index (χ1n) is 10.8. The number of nitrogens with zero attached hydrogens (tertiary/aromatic N) is 7. The Hall–Kier alpha value is -3.59. The highest BCUT2D eigenvalue weighted by molar-refractivity contribution is 5.51. The van der Waals surface area contributed by atoms with Crippen LogP contribution in [0.1, 0.15) is 35.8 Å². The van der Waals surface area contributed by atoms with E-state index in [2.05, 4.69) is 30.8 Å². The minimum absolute atomic E-state index is 0.337. The number of aromatic nitrogens is 7. The van der Waals surface area contributed by atoms with E-state index in [0.717, 1.165) is 60.1 Å². The molecule has 3 aromatic heterocycles. The summed E-state index contributed by atoms with van der Waals surface area (Å²) in [6.07, 6.45) is 5.99. The molecule has 1 fully saturated rings. The third-order valence-electron chi connectivity index (χ3n) is 5.83. The molecule has 5 rings (SSSR count). The van der Waals surface area contributed by atoms with E-state index in [1.807, 2.05) is 61.1 Å². The molecule has 0 atom stereocenters. The minimum atomic E-state index is 0.337. The van der Waals surface area contributed by atoms with Crippen LogP contribution in [0.3, 0.4) is 0 Å². The van der Waals surface area contributed by atoms with Crippen LogP contribution in [0.25, 0.3) is 17.2 Å². The zero-order chi connectivity index (χ0) is 21.9. The number of piperidine rings is 1. The minimum Gasteiger partial charge on any atom is -0.486 e. The first kappa shape index (κ1) is 20.3. The van der Waals surface area contributed by atoms with E-state index < -0.39 is 0 Å². The van der Waals surface area contributed by atoms with Crippen molar-refractivity contribution >= 4 is 0 Å². The Morgan fingerprint density at radius 2 is 1.97 bits per heavy atom. The summed E-state index contributed by atoms with van der Waals surface area (Å²) in [6.45, 7) is 4.44. The number of nitrogens with one attached hydrogen (secondary N) is 1. The molecule has 9 heteroatoms. The van der Waals surface area contributed by atoms with Crippen molar-refractivity contribution in [2.75, 3.05) is 13.1 Å². The normalized spacial score (nSPS) is 14.6. The Bertz CT molecular complexity index is 1190. The van der Waals surface area contributed by atoms with E-state index in [4.69, 9.17) is 4.74 Å². The summed E-state index contributed by atoms with van der Waals surface area (Å²) < 4.78 is 9.55. The van der Waals surface area contributed by atoms with Gasteiger partial charge in [-0.15, -0.1) is 15.3 Å². The molecule has 4 heterocycles. The monoisotopic (exact) mass is 430 g/mol. The maximum Gasteiger partial charge on any atom is 0.182 e. The largest absolute Gasteiger partial charge is 0.486 e. The van der Waals surface area contributed by atoms with Crippen molar-refractivity contribution < 1.29 is 4.74 Å². The van der Waals surface area contributed by atoms with Crippen molar-refractivity contribution in [3.63, 3.8) is 0 Å². The molecule has 1 saturated heterocycles. The van der Waals surface area contributed by atoms with Crippen molar-refractivity contribution in [1.82, 2.24) is 40.1 Å². The molecule has 0 radical (unpaired) electrons. The van der Waals surface area contributed by atoms with Crippen LogP contribution in [0.4, 0.5) is 0 Å². The van der Waals surface area contributed by atoms with Gasteiger partial charge in [0.05, 0.1) is 23.8 Å². The second kappa shape index (κ2) is 8.88. The molecule has 1 aliphatic heterocycles. The van der Waals surface area contributed by atoms with E-state index in [1.54, 1.807) is 10.9 Å². The third-order valence-corrected chi connectivity index (χ3v) is 5.83. The number of pyridine rings is 1. The molecular formula is C23H26N8O. The van der Waals surface area contributed by atoms with E-state index in [1.165, 1.54) is 0 Å². The highest BCUT2D eigenvalue weighted by Gasteiger charge is 2.19. The smallest absolute Gasteiger partial charge is 0.182 e. The van der Waals surface area contributed by atoms with Gasteiger partial charge in [-0.2, -0.15) is 0 Å². The van der Waals surface area contributed by atoms with Crippen LogP contribution in [0.15, 0.2) is 48.8 Å². The van der Waals surface area contributed by atoms with Crippen LogP contribution in [0.2, 0.25) is 0 Å². The van der Waals surface area contributed by atoms with Crippen LogP contribution >= 0.6 is 0 Å².